The van der Waals surface area contributed by atoms with E-state index in [0.717, 1.165) is 96.3 Å². The maximum absolute atomic E-state index is 12.9. The van der Waals surface area contributed by atoms with Crippen LogP contribution < -0.4 is 0 Å². The molecule has 0 aliphatic heterocycles. The Morgan fingerprint density at radius 2 is 0.527 bits per heavy atom. The van der Waals surface area contributed by atoms with E-state index in [2.05, 4.69) is 93.7 Å². The van der Waals surface area contributed by atoms with Crippen LogP contribution in [0, 0.1) is 0 Å². The summed E-state index contributed by atoms with van der Waals surface area (Å²) in [4.78, 5) is 38.3. The third kappa shape index (κ3) is 59.7. The fourth-order valence-electron chi connectivity index (χ4n) is 9.17. The lowest BCUT2D eigenvalue weighted by Gasteiger charge is -2.18. The number of ether oxygens (including phenoxy) is 3. The van der Waals surface area contributed by atoms with Crippen LogP contribution in [0.4, 0.5) is 0 Å². The first-order valence-electron chi connectivity index (χ1n) is 31.9. The van der Waals surface area contributed by atoms with E-state index >= 15 is 0 Å². The first kappa shape index (κ1) is 70.8. The molecule has 6 heteroatoms. The Kier molecular flexibility index (Phi) is 59.7. The van der Waals surface area contributed by atoms with Crippen molar-refractivity contribution in [2.45, 2.75) is 329 Å². The van der Waals surface area contributed by atoms with Gasteiger partial charge in [0.05, 0.1) is 0 Å². The molecule has 428 valence electrons. The molecule has 0 fully saturated rings. The van der Waals surface area contributed by atoms with Crippen LogP contribution >= 0.6 is 0 Å². The van der Waals surface area contributed by atoms with Gasteiger partial charge in [-0.1, -0.05) is 286 Å². The summed E-state index contributed by atoms with van der Waals surface area (Å²) in [5.74, 6) is -0.925. The highest BCUT2D eigenvalue weighted by Crippen LogP contribution is 2.17. The summed E-state index contributed by atoms with van der Waals surface area (Å²) in [6.45, 7) is 6.51. The molecule has 0 aromatic rings. The number of esters is 3. The molecule has 1 unspecified atom stereocenters. The molecule has 0 saturated heterocycles. The van der Waals surface area contributed by atoms with Crippen molar-refractivity contribution in [3.8, 4) is 0 Å². The maximum Gasteiger partial charge on any atom is 0.306 e. The minimum atomic E-state index is -0.797. The number of carbonyl (C=O) groups excluding carboxylic acids is 3. The van der Waals surface area contributed by atoms with E-state index in [9.17, 15) is 14.4 Å². The zero-order valence-corrected chi connectivity index (χ0v) is 49.1. The molecule has 0 spiro atoms. The zero-order valence-electron chi connectivity index (χ0n) is 49.1. The van der Waals surface area contributed by atoms with Crippen molar-refractivity contribution >= 4 is 17.9 Å². The Bertz CT molecular complexity index is 1370. The molecule has 0 saturated carbocycles. The normalized spacial score (nSPS) is 12.5. The summed E-state index contributed by atoms with van der Waals surface area (Å²) in [5, 5.41) is 0. The van der Waals surface area contributed by atoms with Gasteiger partial charge in [0, 0.05) is 19.3 Å². The topological polar surface area (TPSA) is 78.9 Å². The quantitative estimate of drug-likeness (QED) is 0.0261. The van der Waals surface area contributed by atoms with Crippen LogP contribution in [0.3, 0.4) is 0 Å². The van der Waals surface area contributed by atoms with Crippen molar-refractivity contribution in [1.29, 1.82) is 0 Å². The summed E-state index contributed by atoms with van der Waals surface area (Å²) >= 11 is 0. The van der Waals surface area contributed by atoms with Crippen molar-refractivity contribution in [1.82, 2.24) is 0 Å². The van der Waals surface area contributed by atoms with Gasteiger partial charge in [0.1, 0.15) is 13.2 Å². The van der Waals surface area contributed by atoms with Gasteiger partial charge < -0.3 is 14.2 Å². The smallest absolute Gasteiger partial charge is 0.306 e. The first-order valence-corrected chi connectivity index (χ1v) is 31.9. The molecule has 74 heavy (non-hydrogen) atoms. The lowest BCUT2D eigenvalue weighted by atomic mass is 10.0. The average Bonchev–Trinajstić information content (AvgIpc) is 3.40. The molecule has 0 aliphatic carbocycles. The van der Waals surface area contributed by atoms with Gasteiger partial charge in [-0.2, -0.15) is 0 Å². The number of unbranched alkanes of at least 4 members (excludes halogenated alkanes) is 35. The summed E-state index contributed by atoms with van der Waals surface area (Å²) in [5.41, 5.74) is 0. The molecular weight excluding hydrogens is 913 g/mol. The Hall–Kier alpha value is -3.15. The van der Waals surface area contributed by atoms with Crippen molar-refractivity contribution in [3.05, 3.63) is 72.9 Å². The van der Waals surface area contributed by atoms with E-state index in [1.54, 1.807) is 0 Å². The molecule has 1 atom stereocenters. The predicted octanol–water partition coefficient (Wildman–Crippen LogP) is 21.7. The van der Waals surface area contributed by atoms with E-state index in [1.807, 2.05) is 0 Å². The average molecular weight is 1030 g/mol. The molecule has 0 bridgehead atoms. The Morgan fingerprint density at radius 3 is 0.865 bits per heavy atom. The lowest BCUT2D eigenvalue weighted by Crippen LogP contribution is -2.30. The number of hydrogen-bond acceptors (Lipinski definition) is 6. The lowest BCUT2D eigenvalue weighted by molar-refractivity contribution is -0.167. The molecule has 0 rings (SSSR count). The monoisotopic (exact) mass is 1030 g/mol. The zero-order chi connectivity index (χ0) is 53.6. The Morgan fingerprint density at radius 1 is 0.284 bits per heavy atom. The number of allylic oxidation sites excluding steroid dienone is 12. The highest BCUT2D eigenvalue weighted by atomic mass is 16.6. The Labute approximate surface area is 459 Å². The van der Waals surface area contributed by atoms with Crippen LogP contribution in [0.2, 0.25) is 0 Å². The van der Waals surface area contributed by atoms with Gasteiger partial charge in [-0.3, -0.25) is 14.4 Å². The molecule has 0 radical (unpaired) electrons. The summed E-state index contributed by atoms with van der Waals surface area (Å²) in [7, 11) is 0. The first-order chi connectivity index (χ1) is 36.5. The maximum atomic E-state index is 12.9. The Balaban J connectivity index is 4.35. The van der Waals surface area contributed by atoms with Crippen molar-refractivity contribution in [2.75, 3.05) is 13.2 Å². The second kappa shape index (κ2) is 62.4. The summed E-state index contributed by atoms with van der Waals surface area (Å²) in [6.07, 6.45) is 80.6. The molecule has 6 nitrogen and oxygen atoms in total. The molecule has 0 N–H and O–H groups in total. The molecular formula is C68H120O6. The van der Waals surface area contributed by atoms with Crippen LogP contribution in [0.1, 0.15) is 323 Å². The standard InChI is InChI=1S/C68H120O6/c1-4-7-10-13-16-19-22-25-28-30-32-33-34-35-36-38-40-43-46-49-52-55-58-61-67(70)73-64-65(63-72-66(69)60-57-54-51-48-45-42-39-27-24-21-18-15-12-9-6-3)74-68(71)62-59-56-53-50-47-44-41-37-31-29-26-23-20-17-14-11-8-5-2/h9,12,18,20-21,23,27,29,31,39,45,48,65H,4-8,10-11,13-17,19,22,24-26,28,30,32-38,40-44,46-47,49-64H2,1-3H3/b12-9-,21-18-,23-20-,31-29-,39-27-,48-45-. The van der Waals surface area contributed by atoms with E-state index in [-0.39, 0.29) is 31.1 Å². The van der Waals surface area contributed by atoms with Gasteiger partial charge in [-0.05, 0) is 89.9 Å². The minimum absolute atomic E-state index is 0.0892. The van der Waals surface area contributed by atoms with Crippen LogP contribution in [-0.2, 0) is 28.6 Å². The van der Waals surface area contributed by atoms with Gasteiger partial charge in [0.25, 0.3) is 0 Å². The van der Waals surface area contributed by atoms with Gasteiger partial charge in [-0.15, -0.1) is 0 Å². The second-order valence-corrected chi connectivity index (χ2v) is 21.3. The van der Waals surface area contributed by atoms with Gasteiger partial charge in [-0.25, -0.2) is 0 Å². The number of hydrogen-bond donors (Lipinski definition) is 0. The largest absolute Gasteiger partial charge is 0.462 e. The van der Waals surface area contributed by atoms with Gasteiger partial charge in [0.2, 0.25) is 0 Å². The summed E-state index contributed by atoms with van der Waals surface area (Å²) < 4.78 is 16.9. The third-order valence-corrected chi connectivity index (χ3v) is 13.9. The number of carbonyl (C=O) groups is 3. The SMILES string of the molecule is CC/C=C\C/C=C\C/C=C\C/C=C\CCCCC(=O)OCC(COC(=O)CCCCCCCCCCCCCCCCCCCCCCCCC)OC(=O)CCCCCCCCC/C=C\C/C=C\CCCCCC. The minimum Gasteiger partial charge on any atom is -0.462 e. The van der Waals surface area contributed by atoms with Crippen LogP contribution in [-0.4, -0.2) is 37.2 Å². The van der Waals surface area contributed by atoms with Crippen molar-refractivity contribution < 1.29 is 28.6 Å². The predicted molar refractivity (Wildman–Crippen MR) is 321 cm³/mol. The van der Waals surface area contributed by atoms with Gasteiger partial charge in [0.15, 0.2) is 6.10 Å². The molecule has 0 aromatic heterocycles. The molecule has 0 aromatic carbocycles. The highest BCUT2D eigenvalue weighted by Gasteiger charge is 2.19. The summed E-state index contributed by atoms with van der Waals surface area (Å²) in [6, 6.07) is 0. The van der Waals surface area contributed by atoms with Crippen molar-refractivity contribution in [3.63, 3.8) is 0 Å². The molecule has 0 aliphatic rings. The molecule has 0 amide bonds. The van der Waals surface area contributed by atoms with Crippen LogP contribution in [0.25, 0.3) is 0 Å². The second-order valence-electron chi connectivity index (χ2n) is 21.3. The van der Waals surface area contributed by atoms with E-state index in [0.29, 0.717) is 19.3 Å². The van der Waals surface area contributed by atoms with E-state index < -0.39 is 6.10 Å². The van der Waals surface area contributed by atoms with Crippen LogP contribution in [0.15, 0.2) is 72.9 Å². The van der Waals surface area contributed by atoms with E-state index in [1.165, 1.54) is 186 Å². The fourth-order valence-corrected chi connectivity index (χ4v) is 9.17. The van der Waals surface area contributed by atoms with Crippen LogP contribution in [0.5, 0.6) is 0 Å². The van der Waals surface area contributed by atoms with Gasteiger partial charge >= 0.3 is 17.9 Å². The number of rotatable bonds is 58. The fraction of sp³-hybridized carbons (Fsp3) is 0.779. The molecule has 0 heterocycles. The highest BCUT2D eigenvalue weighted by molar-refractivity contribution is 5.71. The van der Waals surface area contributed by atoms with Crippen molar-refractivity contribution in [2.24, 2.45) is 0 Å². The van der Waals surface area contributed by atoms with E-state index in [4.69, 9.17) is 14.2 Å². The third-order valence-electron chi connectivity index (χ3n) is 13.9.